The van der Waals surface area contributed by atoms with Crippen molar-refractivity contribution in [3.63, 3.8) is 0 Å². The number of nitrogens with zero attached hydrogens (tertiary/aromatic N) is 1. The third kappa shape index (κ3) is 3.80. The largest absolute Gasteiger partial charge is 0.491 e. The van der Waals surface area contributed by atoms with E-state index in [2.05, 4.69) is 17.2 Å². The van der Waals surface area contributed by atoms with E-state index in [-0.39, 0.29) is 45.5 Å². The maximum absolute atomic E-state index is 13.8. The zero-order valence-electron chi connectivity index (χ0n) is 19.2. The molecule has 1 unspecified atom stereocenters. The molecule has 0 radical (unpaired) electrons. The van der Waals surface area contributed by atoms with Crippen LogP contribution in [0.3, 0.4) is 0 Å². The van der Waals surface area contributed by atoms with Gasteiger partial charge in [0, 0.05) is 36.0 Å². The van der Waals surface area contributed by atoms with Crippen LogP contribution >= 0.6 is 0 Å². The average Bonchev–Trinajstić information content (AvgIpc) is 3.52. The highest BCUT2D eigenvalue weighted by Crippen LogP contribution is 2.54. The van der Waals surface area contributed by atoms with Crippen molar-refractivity contribution in [2.45, 2.75) is 12.3 Å². The Hall–Kier alpha value is -4.21. The summed E-state index contributed by atoms with van der Waals surface area (Å²) in [6, 6.07) is 10.8. The van der Waals surface area contributed by atoms with Crippen molar-refractivity contribution in [2.24, 2.45) is 0 Å². The number of carbonyl (C=O) groups excluding carboxylic acids is 3. The summed E-state index contributed by atoms with van der Waals surface area (Å²) in [5.41, 5.74) is 1.69. The summed E-state index contributed by atoms with van der Waals surface area (Å²) in [4.78, 5) is 39.0. The summed E-state index contributed by atoms with van der Waals surface area (Å²) < 4.78 is 21.9. The van der Waals surface area contributed by atoms with Gasteiger partial charge in [0.15, 0.2) is 11.5 Å². The summed E-state index contributed by atoms with van der Waals surface area (Å²) in [6.45, 7) is 6.05. The number of amides is 3. The molecule has 3 aliphatic rings. The molecular formula is C25H25N3O7. The number of rotatable bonds is 7. The second-order valence-electron chi connectivity index (χ2n) is 8.47. The predicted molar refractivity (Wildman–Crippen MR) is 125 cm³/mol. The van der Waals surface area contributed by atoms with E-state index in [0.29, 0.717) is 22.8 Å². The number of nitrogens with one attached hydrogen (secondary N) is 2. The van der Waals surface area contributed by atoms with Crippen molar-refractivity contribution in [1.29, 1.82) is 0 Å². The molecule has 1 atom stereocenters. The molecular weight excluding hydrogens is 454 g/mol. The molecule has 3 heterocycles. The molecule has 0 saturated heterocycles. The van der Waals surface area contributed by atoms with Crippen LogP contribution in [0, 0.1) is 0 Å². The molecule has 0 aliphatic carbocycles. The van der Waals surface area contributed by atoms with Gasteiger partial charge in [-0.25, -0.2) is 9.59 Å². The quantitative estimate of drug-likeness (QED) is 0.354. The number of anilines is 1. The number of ether oxygens (including phenoxy) is 4. The van der Waals surface area contributed by atoms with Crippen molar-refractivity contribution in [2.75, 3.05) is 44.5 Å². The summed E-state index contributed by atoms with van der Waals surface area (Å²) in [5, 5.41) is 5.35. The molecule has 2 aromatic carbocycles. The number of fused-ring (bicyclic) bond motifs is 5. The van der Waals surface area contributed by atoms with E-state index in [4.69, 9.17) is 18.9 Å². The Morgan fingerprint density at radius 1 is 1.06 bits per heavy atom. The van der Waals surface area contributed by atoms with Gasteiger partial charge in [0.05, 0.1) is 6.54 Å². The monoisotopic (exact) mass is 479 g/mol. The van der Waals surface area contributed by atoms with E-state index in [1.54, 1.807) is 17.9 Å². The van der Waals surface area contributed by atoms with Crippen molar-refractivity contribution >= 4 is 23.6 Å². The molecule has 3 aliphatic heterocycles. The first kappa shape index (κ1) is 22.6. The zero-order chi connectivity index (χ0) is 24.6. The lowest BCUT2D eigenvalue weighted by Crippen LogP contribution is -2.46. The Kier molecular flexibility index (Phi) is 5.72. The Morgan fingerprint density at radius 2 is 1.80 bits per heavy atom. The molecule has 10 heteroatoms. The summed E-state index contributed by atoms with van der Waals surface area (Å²) in [6.07, 6.45) is 0. The third-order valence-corrected chi connectivity index (χ3v) is 6.23. The van der Waals surface area contributed by atoms with E-state index in [1.165, 1.54) is 0 Å². The van der Waals surface area contributed by atoms with Gasteiger partial charge >= 0.3 is 12.0 Å². The fourth-order valence-corrected chi connectivity index (χ4v) is 4.56. The van der Waals surface area contributed by atoms with Crippen LogP contribution in [0.5, 0.6) is 17.2 Å². The number of carbonyl (C=O) groups is 3. The van der Waals surface area contributed by atoms with Crippen molar-refractivity contribution in [1.82, 2.24) is 10.6 Å². The van der Waals surface area contributed by atoms with E-state index in [0.717, 1.165) is 16.8 Å². The summed E-state index contributed by atoms with van der Waals surface area (Å²) >= 11 is 0. The SMILES string of the molecule is C=C(C)C(=O)OCCNC(=O)NCCN1C(=O)C2(COc3cc4c(cc32)OCO4)c2ccccc21. The molecule has 0 fully saturated rings. The molecule has 0 saturated carbocycles. The molecule has 0 aromatic heterocycles. The Morgan fingerprint density at radius 3 is 2.60 bits per heavy atom. The van der Waals surface area contributed by atoms with Gasteiger partial charge in [-0.15, -0.1) is 0 Å². The Balaban J connectivity index is 1.26. The lowest BCUT2D eigenvalue weighted by atomic mass is 9.77. The molecule has 182 valence electrons. The highest BCUT2D eigenvalue weighted by Gasteiger charge is 2.57. The molecule has 2 N–H and O–H groups in total. The normalized spacial score (nSPS) is 18.7. The topological polar surface area (TPSA) is 115 Å². The van der Waals surface area contributed by atoms with Gasteiger partial charge in [0.2, 0.25) is 12.7 Å². The van der Waals surface area contributed by atoms with Gasteiger partial charge in [0.1, 0.15) is 24.4 Å². The number of esters is 1. The smallest absolute Gasteiger partial charge is 0.333 e. The zero-order valence-corrected chi connectivity index (χ0v) is 19.2. The fourth-order valence-electron chi connectivity index (χ4n) is 4.56. The maximum atomic E-state index is 13.8. The molecule has 3 amide bonds. The first-order chi connectivity index (χ1) is 16.9. The van der Waals surface area contributed by atoms with Gasteiger partial charge in [-0.2, -0.15) is 0 Å². The van der Waals surface area contributed by atoms with Crippen molar-refractivity contribution < 1.29 is 33.3 Å². The average molecular weight is 479 g/mol. The van der Waals surface area contributed by atoms with Crippen molar-refractivity contribution in [3.05, 3.63) is 59.7 Å². The number of hydrogen-bond donors (Lipinski definition) is 2. The van der Waals surface area contributed by atoms with E-state index >= 15 is 0 Å². The lowest BCUT2D eigenvalue weighted by molar-refractivity contribution is -0.138. The standard InChI is InChI=1S/C25H25N3O7/c1-15(2)22(29)32-10-8-27-24(31)26-7-9-28-18-6-4-3-5-16(18)25(23(28)30)13-33-19-12-21-20(11-17(19)25)34-14-35-21/h3-6,11-12H,1,7-10,13-14H2,2H3,(H2,26,27,31). The second-order valence-corrected chi connectivity index (χ2v) is 8.47. The van der Waals surface area contributed by atoms with Crippen molar-refractivity contribution in [3.8, 4) is 17.2 Å². The Labute approximate surface area is 201 Å². The second kappa shape index (κ2) is 8.86. The van der Waals surface area contributed by atoms with Crippen LogP contribution in [0.1, 0.15) is 18.1 Å². The van der Waals surface area contributed by atoms with Gasteiger partial charge in [-0.3, -0.25) is 4.79 Å². The van der Waals surface area contributed by atoms with Crippen LogP contribution in [0.4, 0.5) is 10.5 Å². The van der Waals surface area contributed by atoms with Crippen LogP contribution < -0.4 is 29.7 Å². The fraction of sp³-hybridized carbons (Fsp3) is 0.320. The molecule has 35 heavy (non-hydrogen) atoms. The van der Waals surface area contributed by atoms with Gasteiger partial charge < -0.3 is 34.5 Å². The highest BCUT2D eigenvalue weighted by atomic mass is 16.7. The van der Waals surface area contributed by atoms with Crippen LogP contribution in [0.2, 0.25) is 0 Å². The first-order valence-electron chi connectivity index (χ1n) is 11.2. The number of benzene rings is 2. The molecule has 5 rings (SSSR count). The highest BCUT2D eigenvalue weighted by molar-refractivity contribution is 6.11. The third-order valence-electron chi connectivity index (χ3n) is 6.23. The lowest BCUT2D eigenvalue weighted by Gasteiger charge is -2.23. The van der Waals surface area contributed by atoms with Gasteiger partial charge in [-0.1, -0.05) is 24.8 Å². The Bertz CT molecular complexity index is 1230. The molecule has 1 spiro atoms. The minimum absolute atomic E-state index is 0.0392. The number of urea groups is 1. The van der Waals surface area contributed by atoms with Gasteiger partial charge in [-0.05, 0) is 24.6 Å². The minimum atomic E-state index is -0.984. The molecule has 0 bridgehead atoms. The number of hydrogen-bond acceptors (Lipinski definition) is 7. The van der Waals surface area contributed by atoms with Crippen LogP contribution in [0.15, 0.2) is 48.6 Å². The molecule has 2 aromatic rings. The first-order valence-corrected chi connectivity index (χ1v) is 11.2. The number of para-hydroxylation sites is 1. The van der Waals surface area contributed by atoms with E-state index in [1.807, 2.05) is 30.3 Å². The maximum Gasteiger partial charge on any atom is 0.333 e. The minimum Gasteiger partial charge on any atom is -0.491 e. The van der Waals surface area contributed by atoms with Crippen LogP contribution in [-0.4, -0.2) is 57.5 Å². The van der Waals surface area contributed by atoms with E-state index in [9.17, 15) is 14.4 Å². The van der Waals surface area contributed by atoms with Crippen LogP contribution in [0.25, 0.3) is 0 Å². The molecule has 10 nitrogen and oxygen atoms in total. The van der Waals surface area contributed by atoms with E-state index < -0.39 is 17.4 Å². The van der Waals surface area contributed by atoms with Crippen LogP contribution in [-0.2, 0) is 19.7 Å². The van der Waals surface area contributed by atoms with Gasteiger partial charge in [0.25, 0.3) is 0 Å². The predicted octanol–water partition coefficient (Wildman–Crippen LogP) is 1.86. The summed E-state index contributed by atoms with van der Waals surface area (Å²) in [5.74, 6) is 1.16. The summed E-state index contributed by atoms with van der Waals surface area (Å²) in [7, 11) is 0.